The van der Waals surface area contributed by atoms with E-state index in [-0.39, 0.29) is 22.7 Å². The van der Waals surface area contributed by atoms with Gasteiger partial charge in [0, 0.05) is 59.9 Å². The van der Waals surface area contributed by atoms with E-state index in [0.29, 0.717) is 24.4 Å². The van der Waals surface area contributed by atoms with Crippen molar-refractivity contribution in [3.63, 3.8) is 0 Å². The number of nitrogens with zero attached hydrogens (tertiary/aromatic N) is 4. The van der Waals surface area contributed by atoms with E-state index in [1.165, 1.54) is 17.7 Å². The highest BCUT2D eigenvalue weighted by Crippen LogP contribution is 2.51. The molecule has 0 bridgehead atoms. The van der Waals surface area contributed by atoms with Crippen molar-refractivity contribution < 1.29 is 28.7 Å². The van der Waals surface area contributed by atoms with Crippen molar-refractivity contribution in [1.29, 1.82) is 0 Å². The van der Waals surface area contributed by atoms with E-state index >= 15 is 0 Å². The van der Waals surface area contributed by atoms with Crippen LogP contribution in [-0.4, -0.2) is 76.5 Å². The van der Waals surface area contributed by atoms with E-state index in [9.17, 15) is 19.7 Å². The van der Waals surface area contributed by atoms with Gasteiger partial charge in [-0.25, -0.2) is 13.9 Å². The normalized spacial score (nSPS) is 18.0. The molecule has 1 aromatic heterocycles. The second-order valence-electron chi connectivity index (χ2n) is 12.7. The zero-order valence-electron chi connectivity index (χ0n) is 28.3. The van der Waals surface area contributed by atoms with E-state index in [1.54, 1.807) is 37.4 Å². The summed E-state index contributed by atoms with van der Waals surface area (Å²) in [6, 6.07) is 8.17. The van der Waals surface area contributed by atoms with Crippen LogP contribution in [0.25, 0.3) is 10.9 Å². The molecule has 2 aliphatic heterocycles. The SMILES string of the molecule is CC.COC(=O)c1ccc(C2CC3(CCN2Cc2c(OC)cc(C)c4c2ccn4C(=O)OC(C)(C)C)CN(SC)C3)c([N+](=O)[O-])c1. The number of ether oxygens (including phenoxy) is 3. The molecule has 1 atom stereocenters. The second-order valence-corrected chi connectivity index (χ2v) is 13.6. The summed E-state index contributed by atoms with van der Waals surface area (Å²) >= 11 is 1.71. The maximum Gasteiger partial charge on any atom is 0.419 e. The van der Waals surface area contributed by atoms with Gasteiger partial charge >= 0.3 is 12.1 Å². The Balaban J connectivity index is 0.00000235. The first kappa shape index (κ1) is 35.2. The Morgan fingerprint density at radius 2 is 1.83 bits per heavy atom. The van der Waals surface area contributed by atoms with Crippen molar-refractivity contribution in [1.82, 2.24) is 13.8 Å². The Morgan fingerprint density at radius 3 is 2.41 bits per heavy atom. The lowest BCUT2D eigenvalue weighted by Gasteiger charge is -2.55. The minimum atomic E-state index is -0.653. The molecule has 250 valence electrons. The number of carbonyl (C=O) groups is 2. The molecule has 0 amide bonds. The number of piperidine rings is 1. The van der Waals surface area contributed by atoms with Gasteiger partial charge in [0.25, 0.3) is 5.69 Å². The number of rotatable bonds is 7. The fourth-order valence-corrected chi connectivity index (χ4v) is 7.40. The number of hydrogen-bond donors (Lipinski definition) is 0. The number of nitro benzene ring substituents is 1. The molecule has 2 fully saturated rings. The van der Waals surface area contributed by atoms with E-state index in [1.807, 2.05) is 53.7 Å². The third-order valence-corrected chi connectivity index (χ3v) is 9.46. The van der Waals surface area contributed by atoms with E-state index in [2.05, 4.69) is 15.5 Å². The summed E-state index contributed by atoms with van der Waals surface area (Å²) < 4.78 is 20.2. The molecule has 0 aliphatic carbocycles. The maximum atomic E-state index is 13.1. The molecule has 11 nitrogen and oxygen atoms in total. The lowest BCUT2D eigenvalue weighted by Crippen LogP contribution is -2.58. The van der Waals surface area contributed by atoms with Crippen LogP contribution in [-0.2, 0) is 16.0 Å². The van der Waals surface area contributed by atoms with Crippen molar-refractivity contribution in [2.75, 3.05) is 40.1 Å². The number of likely N-dealkylation sites (tertiary alicyclic amines) is 1. The fraction of sp³-hybridized carbons (Fsp3) is 0.529. The number of hydrogen-bond acceptors (Lipinski definition) is 10. The Morgan fingerprint density at radius 1 is 1.13 bits per heavy atom. The minimum Gasteiger partial charge on any atom is -0.496 e. The number of benzene rings is 2. The minimum absolute atomic E-state index is 0.0474. The van der Waals surface area contributed by atoms with Gasteiger partial charge in [0.1, 0.15) is 11.4 Å². The van der Waals surface area contributed by atoms with Gasteiger partial charge < -0.3 is 14.2 Å². The second kappa shape index (κ2) is 14.0. The monoisotopic (exact) mass is 654 g/mol. The summed E-state index contributed by atoms with van der Waals surface area (Å²) in [6.07, 6.45) is 5.01. The predicted molar refractivity (Wildman–Crippen MR) is 181 cm³/mol. The number of methoxy groups -OCH3 is 2. The third kappa shape index (κ3) is 7.03. The summed E-state index contributed by atoms with van der Waals surface area (Å²) in [4.78, 5) is 39.6. The molecule has 0 N–H and O–H groups in total. The highest BCUT2D eigenvalue weighted by Gasteiger charge is 2.49. The Hall–Kier alpha value is -3.61. The zero-order valence-corrected chi connectivity index (χ0v) is 29.2. The smallest absolute Gasteiger partial charge is 0.419 e. The topological polar surface area (TPSA) is 116 Å². The van der Waals surface area contributed by atoms with Crippen LogP contribution < -0.4 is 4.74 Å². The molecular weight excluding hydrogens is 608 g/mol. The molecule has 0 saturated carbocycles. The van der Waals surface area contributed by atoms with Crippen LogP contribution in [0.4, 0.5) is 10.5 Å². The van der Waals surface area contributed by atoms with Crippen molar-refractivity contribution >= 4 is 40.6 Å². The largest absolute Gasteiger partial charge is 0.496 e. The number of nitro groups is 1. The van der Waals surface area contributed by atoms with Crippen LogP contribution in [0.3, 0.4) is 0 Å². The third-order valence-electron chi connectivity index (χ3n) is 8.69. The number of esters is 1. The molecule has 1 spiro atoms. The summed E-state index contributed by atoms with van der Waals surface area (Å²) in [5.41, 5.74) is 2.50. The van der Waals surface area contributed by atoms with Gasteiger partial charge in [-0.05, 0) is 83.2 Å². The van der Waals surface area contributed by atoms with Gasteiger partial charge in [-0.2, -0.15) is 0 Å². The van der Waals surface area contributed by atoms with Gasteiger partial charge in [0.05, 0.1) is 30.2 Å². The standard InChI is InChI=1S/C32H40N4O7S.C2H6/c1-20-14-27(41-5)24(22-10-12-35(28(20)22)30(38)43-31(2,3)4)17-33-13-11-32(18-34(19-32)44-7)16-26(33)23-9-8-21(29(37)42-6)15-25(23)36(39)40;1-2/h8-10,12,14-15,26H,11,13,16-19H2,1-7H3;1-2H3. The quantitative estimate of drug-likeness (QED) is 0.111. The maximum absolute atomic E-state index is 13.1. The van der Waals surface area contributed by atoms with Crippen molar-refractivity contribution in [3.8, 4) is 5.75 Å². The Labute approximate surface area is 275 Å². The molecule has 12 heteroatoms. The van der Waals surface area contributed by atoms with Gasteiger partial charge in [-0.1, -0.05) is 25.8 Å². The molecule has 2 aliphatic rings. The van der Waals surface area contributed by atoms with Crippen LogP contribution in [0, 0.1) is 22.5 Å². The van der Waals surface area contributed by atoms with E-state index in [0.717, 1.165) is 48.0 Å². The molecule has 3 heterocycles. The van der Waals surface area contributed by atoms with Crippen molar-refractivity contribution in [2.45, 2.75) is 72.6 Å². The van der Waals surface area contributed by atoms with Gasteiger partial charge in [-0.15, -0.1) is 0 Å². The van der Waals surface area contributed by atoms with Crippen LogP contribution in [0.2, 0.25) is 0 Å². The zero-order chi connectivity index (χ0) is 34.0. The van der Waals surface area contributed by atoms with Crippen LogP contribution >= 0.6 is 11.9 Å². The molecule has 0 radical (unpaired) electrons. The summed E-state index contributed by atoms with van der Waals surface area (Å²) in [6.45, 7) is 14.4. The summed E-state index contributed by atoms with van der Waals surface area (Å²) in [5, 5.41) is 13.2. The molecule has 5 rings (SSSR count). The van der Waals surface area contributed by atoms with Gasteiger partial charge in [0.2, 0.25) is 0 Å². The highest BCUT2D eigenvalue weighted by molar-refractivity contribution is 7.96. The van der Waals surface area contributed by atoms with Crippen molar-refractivity contribution in [3.05, 3.63) is 68.9 Å². The molecule has 3 aromatic rings. The summed E-state index contributed by atoms with van der Waals surface area (Å²) in [7, 11) is 2.88. The lowest BCUT2D eigenvalue weighted by molar-refractivity contribution is -0.386. The summed E-state index contributed by atoms with van der Waals surface area (Å²) in [5.74, 6) is 0.0659. The van der Waals surface area contributed by atoms with E-state index < -0.39 is 22.6 Å². The predicted octanol–water partition coefficient (Wildman–Crippen LogP) is 7.38. The van der Waals surface area contributed by atoms with Crippen molar-refractivity contribution in [2.24, 2.45) is 5.41 Å². The van der Waals surface area contributed by atoms with E-state index in [4.69, 9.17) is 14.2 Å². The first-order valence-corrected chi connectivity index (χ1v) is 16.8. The fourth-order valence-electron chi connectivity index (χ4n) is 6.60. The number of fused-ring (bicyclic) bond motifs is 1. The first-order valence-electron chi connectivity index (χ1n) is 15.6. The average molecular weight is 655 g/mol. The molecule has 2 aromatic carbocycles. The molecular formula is C34H46N4O7S. The molecule has 1 unspecified atom stereocenters. The van der Waals surface area contributed by atoms with Crippen LogP contribution in [0.5, 0.6) is 5.75 Å². The average Bonchev–Trinajstić information content (AvgIpc) is 3.47. The number of aryl methyl sites for hydroxylation is 1. The molecule has 46 heavy (non-hydrogen) atoms. The first-order chi connectivity index (χ1) is 21.8. The van der Waals surface area contributed by atoms with Gasteiger partial charge in [0.15, 0.2) is 0 Å². The highest BCUT2D eigenvalue weighted by atomic mass is 32.2. The van der Waals surface area contributed by atoms with Gasteiger partial charge in [-0.3, -0.25) is 19.6 Å². The Kier molecular flexibility index (Phi) is 10.7. The van der Waals surface area contributed by atoms with Crippen LogP contribution in [0.1, 0.15) is 80.6 Å². The Bertz CT molecular complexity index is 1610. The molecule has 2 saturated heterocycles. The number of aromatic nitrogens is 1. The van der Waals surface area contributed by atoms with Crippen LogP contribution in [0.15, 0.2) is 36.5 Å². The number of carbonyl (C=O) groups excluding carboxylic acids is 2. The lowest BCUT2D eigenvalue weighted by atomic mass is 9.69.